The van der Waals surface area contributed by atoms with Crippen LogP contribution in [0.15, 0.2) is 27.2 Å². The van der Waals surface area contributed by atoms with Gasteiger partial charge >= 0.3 is 0 Å². The predicted octanol–water partition coefficient (Wildman–Crippen LogP) is 3.67. The van der Waals surface area contributed by atoms with Crippen LogP contribution in [0.25, 0.3) is 0 Å². The van der Waals surface area contributed by atoms with Gasteiger partial charge in [0, 0.05) is 10.4 Å². The Bertz CT molecular complexity index is 543. The molecule has 96 valence electrons. The molecule has 2 aromatic rings. The molecule has 0 aliphatic rings. The molecule has 18 heavy (non-hydrogen) atoms. The molecule has 1 heterocycles. The molecule has 0 aliphatic heterocycles. The van der Waals surface area contributed by atoms with Crippen molar-refractivity contribution in [3.63, 3.8) is 0 Å². The van der Waals surface area contributed by atoms with Crippen molar-refractivity contribution in [2.75, 3.05) is 0 Å². The molecule has 0 saturated heterocycles. The highest BCUT2D eigenvalue weighted by molar-refractivity contribution is 9.10. The highest BCUT2D eigenvalue weighted by atomic mass is 79.9. The van der Waals surface area contributed by atoms with Crippen LogP contribution in [0.5, 0.6) is 5.75 Å². The quantitative estimate of drug-likeness (QED) is 0.863. The summed E-state index contributed by atoms with van der Waals surface area (Å²) < 4.78 is 24.5. The minimum atomic E-state index is -0.425. The highest BCUT2D eigenvalue weighted by Crippen LogP contribution is 2.23. The summed E-state index contributed by atoms with van der Waals surface area (Å²) in [5.41, 5.74) is 0. The molecule has 0 unspecified atom stereocenters. The number of aromatic nitrogens is 2. The maximum atomic E-state index is 13.4. The van der Waals surface area contributed by atoms with E-state index in [-0.39, 0.29) is 18.3 Å². The van der Waals surface area contributed by atoms with Gasteiger partial charge in [0.2, 0.25) is 11.7 Å². The zero-order valence-electron chi connectivity index (χ0n) is 9.98. The van der Waals surface area contributed by atoms with E-state index in [9.17, 15) is 4.39 Å². The second-order valence-electron chi connectivity index (χ2n) is 4.07. The highest BCUT2D eigenvalue weighted by Gasteiger charge is 2.11. The minimum Gasteiger partial charge on any atom is -0.482 e. The van der Waals surface area contributed by atoms with Crippen LogP contribution in [-0.4, -0.2) is 10.1 Å². The first-order chi connectivity index (χ1) is 8.56. The summed E-state index contributed by atoms with van der Waals surface area (Å²) in [6.07, 6.45) is 0. The van der Waals surface area contributed by atoms with Crippen molar-refractivity contribution in [1.29, 1.82) is 0 Å². The van der Waals surface area contributed by atoms with E-state index in [2.05, 4.69) is 26.1 Å². The SMILES string of the molecule is CC(C)c1nc(COc2cc(Br)ccc2F)no1. The summed E-state index contributed by atoms with van der Waals surface area (Å²) >= 11 is 3.25. The summed E-state index contributed by atoms with van der Waals surface area (Å²) in [6, 6.07) is 4.49. The lowest BCUT2D eigenvalue weighted by Gasteiger charge is -2.04. The van der Waals surface area contributed by atoms with Crippen LogP contribution in [0.2, 0.25) is 0 Å². The van der Waals surface area contributed by atoms with Crippen LogP contribution in [-0.2, 0) is 6.61 Å². The Kier molecular flexibility index (Phi) is 3.96. The van der Waals surface area contributed by atoms with Crippen molar-refractivity contribution in [2.45, 2.75) is 26.4 Å². The maximum absolute atomic E-state index is 13.4. The minimum absolute atomic E-state index is 0.0730. The van der Waals surface area contributed by atoms with E-state index < -0.39 is 5.82 Å². The first-order valence-corrected chi connectivity index (χ1v) is 6.26. The van der Waals surface area contributed by atoms with Gasteiger partial charge in [-0.15, -0.1) is 0 Å². The third-order valence-electron chi connectivity index (χ3n) is 2.23. The molecule has 0 aliphatic carbocycles. The molecule has 0 radical (unpaired) electrons. The van der Waals surface area contributed by atoms with Crippen molar-refractivity contribution in [2.24, 2.45) is 0 Å². The summed E-state index contributed by atoms with van der Waals surface area (Å²) in [4.78, 5) is 4.14. The van der Waals surface area contributed by atoms with Gasteiger partial charge in [0.25, 0.3) is 0 Å². The number of rotatable bonds is 4. The average Bonchev–Trinajstić information content (AvgIpc) is 2.79. The summed E-state index contributed by atoms with van der Waals surface area (Å²) in [6.45, 7) is 3.97. The maximum Gasteiger partial charge on any atom is 0.229 e. The lowest BCUT2D eigenvalue weighted by molar-refractivity contribution is 0.272. The third-order valence-corrected chi connectivity index (χ3v) is 2.72. The Morgan fingerprint density at radius 1 is 1.44 bits per heavy atom. The Morgan fingerprint density at radius 3 is 2.89 bits per heavy atom. The van der Waals surface area contributed by atoms with Gasteiger partial charge in [-0.25, -0.2) is 4.39 Å². The van der Waals surface area contributed by atoms with Gasteiger partial charge in [-0.1, -0.05) is 34.9 Å². The Labute approximate surface area is 112 Å². The molecule has 0 bridgehead atoms. The largest absolute Gasteiger partial charge is 0.482 e. The molecule has 0 saturated carbocycles. The van der Waals surface area contributed by atoms with Gasteiger partial charge in [0.15, 0.2) is 18.2 Å². The van der Waals surface area contributed by atoms with E-state index in [0.29, 0.717) is 11.7 Å². The van der Waals surface area contributed by atoms with Crippen LogP contribution >= 0.6 is 15.9 Å². The van der Waals surface area contributed by atoms with Crippen molar-refractivity contribution in [1.82, 2.24) is 10.1 Å². The monoisotopic (exact) mass is 314 g/mol. The molecule has 4 nitrogen and oxygen atoms in total. The Hall–Kier alpha value is -1.43. The van der Waals surface area contributed by atoms with E-state index in [0.717, 1.165) is 4.47 Å². The van der Waals surface area contributed by atoms with Crippen molar-refractivity contribution in [3.8, 4) is 5.75 Å². The fourth-order valence-electron chi connectivity index (χ4n) is 1.29. The van der Waals surface area contributed by atoms with Crippen molar-refractivity contribution < 1.29 is 13.7 Å². The van der Waals surface area contributed by atoms with Gasteiger partial charge in [0.1, 0.15) is 0 Å². The molecule has 0 amide bonds. The molecular weight excluding hydrogens is 303 g/mol. The third kappa shape index (κ3) is 3.07. The van der Waals surface area contributed by atoms with E-state index in [1.807, 2.05) is 13.8 Å². The van der Waals surface area contributed by atoms with Crippen molar-refractivity contribution in [3.05, 3.63) is 40.2 Å². The van der Waals surface area contributed by atoms with Gasteiger partial charge in [-0.05, 0) is 18.2 Å². The van der Waals surface area contributed by atoms with Crippen molar-refractivity contribution >= 4 is 15.9 Å². The van der Waals surface area contributed by atoms with Crippen LogP contribution in [0.3, 0.4) is 0 Å². The molecule has 6 heteroatoms. The summed E-state index contributed by atoms with van der Waals surface area (Å²) in [5, 5.41) is 3.76. The number of halogens is 2. The zero-order valence-corrected chi connectivity index (χ0v) is 11.6. The second kappa shape index (κ2) is 5.48. The lowest BCUT2D eigenvalue weighted by Crippen LogP contribution is -1.99. The molecule has 2 rings (SSSR count). The van der Waals surface area contributed by atoms with Crippen LogP contribution in [0.1, 0.15) is 31.5 Å². The van der Waals surface area contributed by atoms with Gasteiger partial charge in [-0.3, -0.25) is 0 Å². The van der Waals surface area contributed by atoms with Gasteiger partial charge in [-0.2, -0.15) is 4.98 Å². The van der Waals surface area contributed by atoms with Crippen LogP contribution in [0.4, 0.5) is 4.39 Å². The van der Waals surface area contributed by atoms with Gasteiger partial charge < -0.3 is 9.26 Å². The van der Waals surface area contributed by atoms with Gasteiger partial charge in [0.05, 0.1) is 0 Å². The fourth-order valence-corrected chi connectivity index (χ4v) is 1.63. The molecule has 0 spiro atoms. The molecule has 1 aromatic carbocycles. The number of ether oxygens (including phenoxy) is 1. The van der Waals surface area contributed by atoms with Crippen LogP contribution < -0.4 is 4.74 Å². The van der Waals surface area contributed by atoms with E-state index in [1.165, 1.54) is 6.07 Å². The standard InChI is InChI=1S/C12H12BrFN2O2/c1-7(2)12-15-11(16-18-12)6-17-10-5-8(13)3-4-9(10)14/h3-5,7H,6H2,1-2H3. The smallest absolute Gasteiger partial charge is 0.229 e. The molecule has 0 N–H and O–H groups in total. The average molecular weight is 315 g/mol. The lowest BCUT2D eigenvalue weighted by atomic mass is 10.2. The molecule has 1 aromatic heterocycles. The van der Waals surface area contributed by atoms with E-state index in [4.69, 9.17) is 9.26 Å². The molecule has 0 fully saturated rings. The number of hydrogen-bond acceptors (Lipinski definition) is 4. The van der Waals surface area contributed by atoms with E-state index >= 15 is 0 Å². The molecule has 0 atom stereocenters. The fraction of sp³-hybridized carbons (Fsp3) is 0.333. The first-order valence-electron chi connectivity index (χ1n) is 5.46. The Morgan fingerprint density at radius 2 is 2.22 bits per heavy atom. The summed E-state index contributed by atoms with van der Waals surface area (Å²) in [5.74, 6) is 0.835. The summed E-state index contributed by atoms with van der Waals surface area (Å²) in [7, 11) is 0. The number of hydrogen-bond donors (Lipinski definition) is 0. The topological polar surface area (TPSA) is 48.2 Å². The second-order valence-corrected chi connectivity index (χ2v) is 4.98. The molecular formula is C12H12BrFN2O2. The predicted molar refractivity (Wildman–Crippen MR) is 66.8 cm³/mol. The zero-order chi connectivity index (χ0) is 13.1. The Balaban J connectivity index is 2.04. The number of nitrogens with zero attached hydrogens (tertiary/aromatic N) is 2. The first kappa shape index (κ1) is 13.0. The number of benzene rings is 1. The normalized spacial score (nSPS) is 10.9. The van der Waals surface area contributed by atoms with E-state index in [1.54, 1.807) is 12.1 Å². The van der Waals surface area contributed by atoms with Crippen LogP contribution in [0, 0.1) is 5.82 Å².